The van der Waals surface area contributed by atoms with Gasteiger partial charge < -0.3 is 10.1 Å². The molecule has 1 aromatic rings. The van der Waals surface area contributed by atoms with Crippen LogP contribution in [-0.2, 0) is 4.74 Å². The van der Waals surface area contributed by atoms with E-state index in [-0.39, 0.29) is 0 Å². The fraction of sp³-hybridized carbons (Fsp3) is 0.733. The number of aromatic nitrogens is 2. The smallest absolute Gasteiger partial charge is 0.134 e. The van der Waals surface area contributed by atoms with Gasteiger partial charge in [-0.25, -0.2) is 9.97 Å². The predicted molar refractivity (Wildman–Crippen MR) is 74.1 cm³/mol. The van der Waals surface area contributed by atoms with Gasteiger partial charge in [-0.3, -0.25) is 0 Å². The Bertz CT molecular complexity index is 463. The molecule has 1 N–H and O–H groups in total. The van der Waals surface area contributed by atoms with Crippen LogP contribution in [0.25, 0.3) is 0 Å². The fourth-order valence-corrected chi connectivity index (χ4v) is 3.42. The Labute approximate surface area is 115 Å². The average molecular weight is 261 g/mol. The number of rotatable bonds is 4. The Morgan fingerprint density at radius 1 is 1.47 bits per heavy atom. The molecule has 3 heterocycles. The SMILES string of the molecule is CCNC(C)c1cnc(C2CC3CCC2O3)nc1C. The molecule has 2 saturated heterocycles. The van der Waals surface area contributed by atoms with Gasteiger partial charge in [-0.2, -0.15) is 0 Å². The number of hydrogen-bond acceptors (Lipinski definition) is 4. The van der Waals surface area contributed by atoms with E-state index in [9.17, 15) is 0 Å². The lowest BCUT2D eigenvalue weighted by molar-refractivity contribution is 0.0998. The molecule has 4 unspecified atom stereocenters. The van der Waals surface area contributed by atoms with Gasteiger partial charge in [0.25, 0.3) is 0 Å². The summed E-state index contributed by atoms with van der Waals surface area (Å²) >= 11 is 0. The van der Waals surface area contributed by atoms with Gasteiger partial charge in [0.1, 0.15) is 5.82 Å². The molecule has 4 nitrogen and oxygen atoms in total. The molecule has 4 heteroatoms. The highest BCUT2D eigenvalue weighted by Gasteiger charge is 2.42. The lowest BCUT2D eigenvalue weighted by Gasteiger charge is -2.19. The third kappa shape index (κ3) is 2.39. The van der Waals surface area contributed by atoms with Gasteiger partial charge in [0, 0.05) is 29.4 Å². The highest BCUT2D eigenvalue weighted by molar-refractivity contribution is 5.22. The van der Waals surface area contributed by atoms with Crippen molar-refractivity contribution < 1.29 is 4.74 Å². The van der Waals surface area contributed by atoms with Gasteiger partial charge in [-0.05, 0) is 39.7 Å². The normalized spacial score (nSPS) is 30.8. The Morgan fingerprint density at radius 2 is 2.32 bits per heavy atom. The number of fused-ring (bicyclic) bond motifs is 2. The summed E-state index contributed by atoms with van der Waals surface area (Å²) in [5.74, 6) is 1.40. The van der Waals surface area contributed by atoms with Gasteiger partial charge in [-0.15, -0.1) is 0 Å². The van der Waals surface area contributed by atoms with E-state index in [0.29, 0.717) is 24.2 Å². The second-order valence-electron chi connectivity index (χ2n) is 5.76. The molecule has 0 saturated carbocycles. The van der Waals surface area contributed by atoms with Crippen LogP contribution in [0.2, 0.25) is 0 Å². The molecular weight excluding hydrogens is 238 g/mol. The van der Waals surface area contributed by atoms with Gasteiger partial charge in [0.15, 0.2) is 0 Å². The van der Waals surface area contributed by atoms with Crippen molar-refractivity contribution in [3.8, 4) is 0 Å². The van der Waals surface area contributed by atoms with Crippen LogP contribution in [0.15, 0.2) is 6.20 Å². The van der Waals surface area contributed by atoms with E-state index >= 15 is 0 Å². The lowest BCUT2D eigenvalue weighted by Crippen LogP contribution is -2.21. The number of hydrogen-bond donors (Lipinski definition) is 1. The number of nitrogens with zero attached hydrogens (tertiary/aromatic N) is 2. The topological polar surface area (TPSA) is 47.0 Å². The summed E-state index contributed by atoms with van der Waals surface area (Å²) in [7, 11) is 0. The number of aryl methyl sites for hydroxylation is 1. The van der Waals surface area contributed by atoms with Crippen molar-refractivity contribution in [3.05, 3.63) is 23.3 Å². The minimum absolute atomic E-state index is 0.315. The molecule has 2 fully saturated rings. The monoisotopic (exact) mass is 261 g/mol. The molecule has 0 aliphatic carbocycles. The molecule has 4 atom stereocenters. The maximum Gasteiger partial charge on any atom is 0.134 e. The van der Waals surface area contributed by atoms with Crippen LogP contribution in [-0.4, -0.2) is 28.7 Å². The van der Waals surface area contributed by atoms with Crippen molar-refractivity contribution in [1.29, 1.82) is 0 Å². The first-order chi connectivity index (χ1) is 9.19. The summed E-state index contributed by atoms with van der Waals surface area (Å²) in [6.07, 6.45) is 6.31. The van der Waals surface area contributed by atoms with Crippen LogP contribution in [0.3, 0.4) is 0 Å². The summed E-state index contributed by atoms with van der Waals surface area (Å²) < 4.78 is 5.90. The third-order valence-electron chi connectivity index (χ3n) is 4.45. The maximum atomic E-state index is 5.90. The molecule has 0 aromatic carbocycles. The zero-order chi connectivity index (χ0) is 13.4. The molecule has 19 heavy (non-hydrogen) atoms. The zero-order valence-electron chi connectivity index (χ0n) is 12.0. The summed E-state index contributed by atoms with van der Waals surface area (Å²) in [5, 5.41) is 3.41. The molecule has 2 aliphatic heterocycles. The van der Waals surface area contributed by atoms with Crippen LogP contribution >= 0.6 is 0 Å². The van der Waals surface area contributed by atoms with E-state index in [1.54, 1.807) is 0 Å². The summed E-state index contributed by atoms with van der Waals surface area (Å²) in [4.78, 5) is 9.36. The average Bonchev–Trinajstić information content (AvgIpc) is 3.01. The van der Waals surface area contributed by atoms with Crippen molar-refractivity contribution in [2.75, 3.05) is 6.54 Å². The third-order valence-corrected chi connectivity index (χ3v) is 4.45. The molecule has 104 valence electrons. The highest BCUT2D eigenvalue weighted by atomic mass is 16.5. The minimum atomic E-state index is 0.315. The van der Waals surface area contributed by atoms with E-state index in [1.165, 1.54) is 18.4 Å². The first kappa shape index (κ1) is 13.0. The number of ether oxygens (including phenoxy) is 1. The first-order valence-corrected chi connectivity index (χ1v) is 7.41. The highest BCUT2D eigenvalue weighted by Crippen LogP contribution is 2.43. The van der Waals surface area contributed by atoms with E-state index < -0.39 is 0 Å². The van der Waals surface area contributed by atoms with E-state index in [0.717, 1.165) is 24.5 Å². The summed E-state index contributed by atoms with van der Waals surface area (Å²) in [5.41, 5.74) is 2.30. The standard InChI is InChI=1S/C15H23N3O/c1-4-16-9(2)13-8-17-15(18-10(13)3)12-7-11-5-6-14(12)19-11/h8-9,11-12,14,16H,4-7H2,1-3H3. The Kier molecular flexibility index (Phi) is 3.54. The second kappa shape index (κ2) is 5.17. The van der Waals surface area contributed by atoms with E-state index in [2.05, 4.69) is 31.1 Å². The summed E-state index contributed by atoms with van der Waals surface area (Å²) in [6.45, 7) is 7.33. The van der Waals surface area contributed by atoms with Crippen LogP contribution in [0.1, 0.15) is 62.2 Å². The fourth-order valence-electron chi connectivity index (χ4n) is 3.42. The van der Waals surface area contributed by atoms with Crippen LogP contribution < -0.4 is 5.32 Å². The first-order valence-electron chi connectivity index (χ1n) is 7.41. The molecule has 0 radical (unpaired) electrons. The van der Waals surface area contributed by atoms with Crippen molar-refractivity contribution in [3.63, 3.8) is 0 Å². The summed E-state index contributed by atoms with van der Waals surface area (Å²) in [6, 6.07) is 0.315. The van der Waals surface area contributed by atoms with Crippen LogP contribution in [0.4, 0.5) is 0 Å². The van der Waals surface area contributed by atoms with Crippen LogP contribution in [0.5, 0.6) is 0 Å². The Morgan fingerprint density at radius 3 is 2.89 bits per heavy atom. The van der Waals surface area contributed by atoms with Crippen molar-refractivity contribution >= 4 is 0 Å². The minimum Gasteiger partial charge on any atom is -0.374 e. The van der Waals surface area contributed by atoms with E-state index in [1.807, 2.05) is 6.20 Å². The molecule has 0 spiro atoms. The van der Waals surface area contributed by atoms with Gasteiger partial charge >= 0.3 is 0 Å². The molecular formula is C15H23N3O. The number of nitrogens with one attached hydrogen (secondary N) is 1. The molecule has 1 aromatic heterocycles. The molecule has 2 aliphatic rings. The predicted octanol–water partition coefficient (Wildman–Crippen LogP) is 2.49. The van der Waals surface area contributed by atoms with Crippen molar-refractivity contribution in [2.45, 2.75) is 64.2 Å². The quantitative estimate of drug-likeness (QED) is 0.904. The zero-order valence-corrected chi connectivity index (χ0v) is 12.0. The largest absolute Gasteiger partial charge is 0.374 e. The Hall–Kier alpha value is -1.00. The van der Waals surface area contributed by atoms with E-state index in [4.69, 9.17) is 9.72 Å². The maximum absolute atomic E-state index is 5.90. The van der Waals surface area contributed by atoms with Gasteiger partial charge in [0.05, 0.1) is 12.2 Å². The van der Waals surface area contributed by atoms with Crippen molar-refractivity contribution in [1.82, 2.24) is 15.3 Å². The lowest BCUT2D eigenvalue weighted by atomic mass is 9.88. The van der Waals surface area contributed by atoms with Gasteiger partial charge in [-0.1, -0.05) is 6.92 Å². The van der Waals surface area contributed by atoms with Gasteiger partial charge in [0.2, 0.25) is 0 Å². The molecule has 3 rings (SSSR count). The molecule has 2 bridgehead atoms. The second-order valence-corrected chi connectivity index (χ2v) is 5.76. The van der Waals surface area contributed by atoms with Crippen LogP contribution in [0, 0.1) is 6.92 Å². The molecule has 0 amide bonds. The Balaban J connectivity index is 1.79. The van der Waals surface area contributed by atoms with Crippen molar-refractivity contribution in [2.24, 2.45) is 0 Å².